The molecular weight excluding hydrogens is 296 g/mol. The Balaban J connectivity index is 1.52. The van der Waals surface area contributed by atoms with Crippen molar-refractivity contribution >= 4 is 0 Å². The lowest BCUT2D eigenvalue weighted by atomic mass is 10.1. The molecule has 1 aromatic heterocycles. The number of aryl methyl sites for hydroxylation is 1. The van der Waals surface area contributed by atoms with Crippen LogP contribution in [-0.4, -0.2) is 22.6 Å². The Morgan fingerprint density at radius 3 is 2.58 bits per heavy atom. The minimum absolute atomic E-state index is 0.0382. The summed E-state index contributed by atoms with van der Waals surface area (Å²) in [6.07, 6.45) is 4.32. The molecule has 24 heavy (non-hydrogen) atoms. The Labute approximate surface area is 143 Å². The molecule has 0 amide bonds. The van der Waals surface area contributed by atoms with Crippen molar-refractivity contribution in [2.24, 2.45) is 0 Å². The molecule has 1 aliphatic rings. The van der Waals surface area contributed by atoms with Gasteiger partial charge in [-0.15, -0.1) is 0 Å². The lowest BCUT2D eigenvalue weighted by molar-refractivity contribution is 0.0288. The Hall–Kier alpha value is -2.36. The summed E-state index contributed by atoms with van der Waals surface area (Å²) >= 11 is 0. The van der Waals surface area contributed by atoms with Crippen LogP contribution in [0.4, 0.5) is 0 Å². The first kappa shape index (κ1) is 15.2. The van der Waals surface area contributed by atoms with E-state index < -0.39 is 0 Å². The van der Waals surface area contributed by atoms with Crippen LogP contribution in [0.3, 0.4) is 0 Å². The normalized spacial score (nSPS) is 18.1. The molecule has 3 nitrogen and oxygen atoms in total. The van der Waals surface area contributed by atoms with E-state index in [9.17, 15) is 0 Å². The fraction of sp³-hybridized carbons (Fsp3) is 0.238. The number of hydrogen-bond donors (Lipinski definition) is 0. The summed E-state index contributed by atoms with van der Waals surface area (Å²) in [6.45, 7) is 4.79. The first-order valence-corrected chi connectivity index (χ1v) is 8.44. The van der Waals surface area contributed by atoms with E-state index in [0.717, 1.165) is 19.7 Å². The SMILES string of the molecule is Cc1ccc(CN2CCO[C@H]2c2ccn(-c3ccccc3)c2)cc1. The van der Waals surface area contributed by atoms with Crippen LogP contribution in [0.15, 0.2) is 73.1 Å². The molecule has 2 aromatic carbocycles. The number of ether oxygens (including phenoxy) is 1. The smallest absolute Gasteiger partial charge is 0.138 e. The predicted octanol–water partition coefficient (Wildman–Crippen LogP) is 4.32. The summed E-state index contributed by atoms with van der Waals surface area (Å²) in [5.41, 5.74) is 5.02. The molecule has 3 heteroatoms. The standard InChI is InChI=1S/C21H22N2O/c1-17-7-9-18(10-8-17)15-23-13-14-24-21(23)19-11-12-22(16-19)20-5-3-2-4-6-20/h2-12,16,21H,13-15H2,1H3/t21-/m0/s1. The molecule has 1 saturated heterocycles. The van der Waals surface area contributed by atoms with E-state index in [0.29, 0.717) is 0 Å². The van der Waals surface area contributed by atoms with Gasteiger partial charge in [0.1, 0.15) is 6.23 Å². The van der Waals surface area contributed by atoms with E-state index in [1.165, 1.54) is 22.4 Å². The number of para-hydroxylation sites is 1. The molecule has 0 unspecified atom stereocenters. The summed E-state index contributed by atoms with van der Waals surface area (Å²) in [7, 11) is 0. The van der Waals surface area contributed by atoms with Gasteiger partial charge in [-0.2, -0.15) is 0 Å². The van der Waals surface area contributed by atoms with Gasteiger partial charge in [0, 0.05) is 36.7 Å². The summed E-state index contributed by atoms with van der Waals surface area (Å²) in [6, 6.07) is 21.3. The minimum Gasteiger partial charge on any atom is -0.357 e. The Kier molecular flexibility index (Phi) is 4.20. The van der Waals surface area contributed by atoms with Gasteiger partial charge in [-0.3, -0.25) is 4.90 Å². The maximum Gasteiger partial charge on any atom is 0.138 e. The summed E-state index contributed by atoms with van der Waals surface area (Å²) in [5, 5.41) is 0. The molecule has 1 aliphatic heterocycles. The molecule has 4 rings (SSSR count). The van der Waals surface area contributed by atoms with Crippen LogP contribution in [0, 0.1) is 6.92 Å². The first-order valence-electron chi connectivity index (χ1n) is 8.44. The van der Waals surface area contributed by atoms with Crippen molar-refractivity contribution in [3.05, 3.63) is 89.7 Å². The molecule has 0 radical (unpaired) electrons. The lowest BCUT2D eigenvalue weighted by Gasteiger charge is -2.22. The van der Waals surface area contributed by atoms with Crippen LogP contribution < -0.4 is 0 Å². The molecule has 0 bridgehead atoms. The van der Waals surface area contributed by atoms with Gasteiger partial charge < -0.3 is 9.30 Å². The summed E-state index contributed by atoms with van der Waals surface area (Å²) in [5.74, 6) is 0. The Morgan fingerprint density at radius 1 is 1.00 bits per heavy atom. The predicted molar refractivity (Wildman–Crippen MR) is 96.1 cm³/mol. The number of benzene rings is 2. The Bertz CT molecular complexity index is 792. The number of nitrogens with zero attached hydrogens (tertiary/aromatic N) is 2. The third-order valence-corrected chi connectivity index (χ3v) is 4.55. The van der Waals surface area contributed by atoms with E-state index in [-0.39, 0.29) is 6.23 Å². The fourth-order valence-corrected chi connectivity index (χ4v) is 3.22. The second kappa shape index (κ2) is 6.63. The van der Waals surface area contributed by atoms with Crippen LogP contribution in [0.5, 0.6) is 0 Å². The zero-order valence-electron chi connectivity index (χ0n) is 13.9. The van der Waals surface area contributed by atoms with E-state index in [4.69, 9.17) is 4.74 Å². The molecular formula is C21H22N2O. The lowest BCUT2D eigenvalue weighted by Crippen LogP contribution is -2.23. The molecule has 1 fully saturated rings. The molecule has 3 aromatic rings. The number of aromatic nitrogens is 1. The molecule has 0 saturated carbocycles. The second-order valence-electron chi connectivity index (χ2n) is 6.37. The van der Waals surface area contributed by atoms with Crippen molar-refractivity contribution in [1.82, 2.24) is 9.47 Å². The van der Waals surface area contributed by atoms with E-state index >= 15 is 0 Å². The summed E-state index contributed by atoms with van der Waals surface area (Å²) < 4.78 is 8.16. The van der Waals surface area contributed by atoms with Crippen LogP contribution in [0.1, 0.15) is 22.9 Å². The Morgan fingerprint density at radius 2 is 1.79 bits per heavy atom. The van der Waals surface area contributed by atoms with Gasteiger partial charge in [-0.1, -0.05) is 48.0 Å². The van der Waals surface area contributed by atoms with Crippen LogP contribution >= 0.6 is 0 Å². The number of rotatable bonds is 4. The average Bonchev–Trinajstić information content (AvgIpc) is 3.27. The third kappa shape index (κ3) is 3.14. The van der Waals surface area contributed by atoms with Crippen molar-refractivity contribution in [2.75, 3.05) is 13.2 Å². The van der Waals surface area contributed by atoms with Crippen LogP contribution in [0.2, 0.25) is 0 Å². The number of hydrogen-bond acceptors (Lipinski definition) is 2. The van der Waals surface area contributed by atoms with Crippen LogP contribution in [-0.2, 0) is 11.3 Å². The molecule has 1 atom stereocenters. The molecule has 0 spiro atoms. The van der Waals surface area contributed by atoms with Gasteiger partial charge in [0.05, 0.1) is 6.61 Å². The van der Waals surface area contributed by atoms with Gasteiger partial charge in [-0.05, 0) is 30.7 Å². The van der Waals surface area contributed by atoms with Gasteiger partial charge >= 0.3 is 0 Å². The highest BCUT2D eigenvalue weighted by Gasteiger charge is 2.27. The summed E-state index contributed by atoms with van der Waals surface area (Å²) in [4.78, 5) is 2.40. The molecule has 0 N–H and O–H groups in total. The van der Waals surface area contributed by atoms with Gasteiger partial charge in [0.15, 0.2) is 0 Å². The highest BCUT2D eigenvalue weighted by molar-refractivity contribution is 5.34. The van der Waals surface area contributed by atoms with Crippen molar-refractivity contribution in [3.8, 4) is 5.69 Å². The fourth-order valence-electron chi connectivity index (χ4n) is 3.22. The van der Waals surface area contributed by atoms with Gasteiger partial charge in [-0.25, -0.2) is 0 Å². The highest BCUT2D eigenvalue weighted by atomic mass is 16.5. The first-order chi connectivity index (χ1) is 11.8. The average molecular weight is 318 g/mol. The van der Waals surface area contributed by atoms with Crippen molar-refractivity contribution in [3.63, 3.8) is 0 Å². The van der Waals surface area contributed by atoms with E-state index in [1.54, 1.807) is 0 Å². The quantitative estimate of drug-likeness (QED) is 0.713. The van der Waals surface area contributed by atoms with Crippen molar-refractivity contribution < 1.29 is 4.74 Å². The van der Waals surface area contributed by atoms with Gasteiger partial charge in [0.25, 0.3) is 0 Å². The minimum atomic E-state index is 0.0382. The third-order valence-electron chi connectivity index (χ3n) is 4.55. The maximum atomic E-state index is 6.01. The van der Waals surface area contributed by atoms with Crippen molar-refractivity contribution in [1.29, 1.82) is 0 Å². The second-order valence-corrected chi connectivity index (χ2v) is 6.37. The molecule has 2 heterocycles. The topological polar surface area (TPSA) is 17.4 Å². The highest BCUT2D eigenvalue weighted by Crippen LogP contribution is 2.29. The zero-order valence-corrected chi connectivity index (χ0v) is 13.9. The largest absolute Gasteiger partial charge is 0.357 e. The van der Waals surface area contributed by atoms with Crippen LogP contribution in [0.25, 0.3) is 5.69 Å². The monoisotopic (exact) mass is 318 g/mol. The van der Waals surface area contributed by atoms with E-state index in [1.807, 2.05) is 6.07 Å². The van der Waals surface area contributed by atoms with E-state index in [2.05, 4.69) is 83.4 Å². The van der Waals surface area contributed by atoms with Gasteiger partial charge in [0.2, 0.25) is 0 Å². The maximum absolute atomic E-state index is 6.01. The molecule has 0 aliphatic carbocycles. The zero-order chi connectivity index (χ0) is 16.4. The van der Waals surface area contributed by atoms with Crippen molar-refractivity contribution in [2.45, 2.75) is 19.7 Å². The molecule has 122 valence electrons.